The van der Waals surface area contributed by atoms with Gasteiger partial charge in [-0.05, 0) is 25.0 Å². The molecule has 1 amide bonds. The summed E-state index contributed by atoms with van der Waals surface area (Å²) in [5.74, 6) is 0.0584. The molecule has 3 nitrogen and oxygen atoms in total. The van der Waals surface area contributed by atoms with Crippen LogP contribution in [-0.2, 0) is 8.03 Å². The Morgan fingerprint density at radius 3 is 2.72 bits per heavy atom. The van der Waals surface area contributed by atoms with Crippen molar-refractivity contribution in [3.8, 4) is 0 Å². The summed E-state index contributed by atoms with van der Waals surface area (Å²) in [5.41, 5.74) is 1.73. The molecule has 1 aliphatic heterocycles. The maximum absolute atomic E-state index is 12.6. The predicted molar refractivity (Wildman–Crippen MR) is 78.1 cm³/mol. The molecule has 0 radical (unpaired) electrons. The number of halogens is 2. The first-order chi connectivity index (χ1) is 8.62. The zero-order chi connectivity index (χ0) is 12.8. The van der Waals surface area contributed by atoms with Crippen molar-refractivity contribution in [1.82, 2.24) is 4.98 Å². The van der Waals surface area contributed by atoms with Crippen LogP contribution in [0, 0.1) is 0 Å². The monoisotopic (exact) mass is 372 g/mol. The third-order valence-electron chi connectivity index (χ3n) is 3.77. The summed E-state index contributed by atoms with van der Waals surface area (Å²) in [4.78, 5) is 18.9. The fourth-order valence-corrected chi connectivity index (χ4v) is 3.89. The lowest BCUT2D eigenvalue weighted by molar-refractivity contribution is -0.118. The largest absolute Gasteiger partial charge is 0.305 e. The highest BCUT2D eigenvalue weighted by molar-refractivity contribution is 9.25. The molecule has 0 atom stereocenters. The fraction of sp³-hybridized carbons (Fsp3) is 0.538. The molecule has 2 heterocycles. The Hall–Kier alpha value is -0.420. The lowest BCUT2D eigenvalue weighted by Crippen LogP contribution is -2.42. The number of hydrogen-bond acceptors (Lipinski definition) is 2. The Kier molecular flexibility index (Phi) is 3.22. The Morgan fingerprint density at radius 1 is 1.28 bits per heavy atom. The average molecular weight is 374 g/mol. The summed E-state index contributed by atoms with van der Waals surface area (Å²) >= 11 is 6.95. The molecule has 1 aromatic heterocycles. The quantitative estimate of drug-likeness (QED) is 0.703. The second kappa shape index (κ2) is 4.60. The molecule has 0 N–H and O–H groups in total. The van der Waals surface area contributed by atoms with Gasteiger partial charge in [0, 0.05) is 12.2 Å². The number of nitrogens with zero attached hydrogens (tertiary/aromatic N) is 2. The van der Waals surface area contributed by atoms with Gasteiger partial charge < -0.3 is 4.90 Å². The van der Waals surface area contributed by atoms with Crippen LogP contribution in [0.25, 0.3) is 0 Å². The molecule has 96 valence electrons. The number of anilines is 1. The van der Waals surface area contributed by atoms with Gasteiger partial charge in [0.2, 0.25) is 3.23 Å². The van der Waals surface area contributed by atoms with Gasteiger partial charge in [-0.25, -0.2) is 0 Å². The molecule has 0 bridgehead atoms. The highest BCUT2D eigenvalue weighted by Gasteiger charge is 2.50. The standard InChI is InChI=1S/C13H14Br2N2O/c14-13(15)11-10(7-4-8-16-11)17(12(13)18)9-5-2-1-3-6-9/h4,7-9H,1-3,5-6H2. The van der Waals surface area contributed by atoms with Crippen molar-refractivity contribution in [2.24, 2.45) is 0 Å². The summed E-state index contributed by atoms with van der Waals surface area (Å²) in [7, 11) is 0. The molecule has 0 saturated heterocycles. The molecule has 1 saturated carbocycles. The normalized spacial score (nSPS) is 23.2. The predicted octanol–water partition coefficient (Wildman–Crippen LogP) is 3.70. The molecule has 2 aliphatic rings. The van der Waals surface area contributed by atoms with Crippen molar-refractivity contribution in [3.05, 3.63) is 24.0 Å². The number of carbonyl (C=O) groups is 1. The van der Waals surface area contributed by atoms with Gasteiger partial charge in [-0.3, -0.25) is 9.78 Å². The van der Waals surface area contributed by atoms with Crippen LogP contribution in [-0.4, -0.2) is 16.9 Å². The molecular formula is C13H14Br2N2O. The molecule has 0 unspecified atom stereocenters. The third-order valence-corrected chi connectivity index (χ3v) is 5.20. The van der Waals surface area contributed by atoms with E-state index in [-0.39, 0.29) is 5.91 Å². The number of hydrogen-bond donors (Lipinski definition) is 0. The van der Waals surface area contributed by atoms with Gasteiger partial charge >= 0.3 is 0 Å². The van der Waals surface area contributed by atoms with Crippen molar-refractivity contribution in [2.75, 3.05) is 4.90 Å². The van der Waals surface area contributed by atoms with Crippen LogP contribution in [0.2, 0.25) is 0 Å². The van der Waals surface area contributed by atoms with E-state index in [1.54, 1.807) is 6.20 Å². The van der Waals surface area contributed by atoms with Gasteiger partial charge in [-0.2, -0.15) is 0 Å². The lowest BCUT2D eigenvalue weighted by atomic mass is 9.94. The first-order valence-corrected chi connectivity index (χ1v) is 7.88. The highest BCUT2D eigenvalue weighted by Crippen LogP contribution is 2.50. The number of fused-ring (bicyclic) bond motifs is 1. The SMILES string of the molecule is O=C1N(C2CCCCC2)c2cccnc2C1(Br)Br. The minimum absolute atomic E-state index is 0.0584. The van der Waals surface area contributed by atoms with E-state index in [0.29, 0.717) is 6.04 Å². The van der Waals surface area contributed by atoms with Gasteiger partial charge in [0.15, 0.2) is 0 Å². The van der Waals surface area contributed by atoms with E-state index in [1.165, 1.54) is 19.3 Å². The van der Waals surface area contributed by atoms with Crippen molar-refractivity contribution in [3.63, 3.8) is 0 Å². The smallest absolute Gasteiger partial charge is 0.261 e. The summed E-state index contributed by atoms with van der Waals surface area (Å²) in [6.45, 7) is 0. The number of carbonyl (C=O) groups excluding carboxylic acids is 1. The Bertz CT molecular complexity index is 484. The molecule has 0 spiro atoms. The zero-order valence-corrected chi connectivity index (χ0v) is 13.1. The first-order valence-electron chi connectivity index (χ1n) is 6.29. The first kappa shape index (κ1) is 12.6. The van der Waals surface area contributed by atoms with Crippen LogP contribution >= 0.6 is 31.9 Å². The number of alkyl halides is 2. The number of rotatable bonds is 1. The lowest BCUT2D eigenvalue weighted by Gasteiger charge is -2.31. The Morgan fingerprint density at radius 2 is 2.00 bits per heavy atom. The maximum Gasteiger partial charge on any atom is 0.261 e. The second-order valence-corrected chi connectivity index (χ2v) is 8.36. The Labute approximate surface area is 123 Å². The number of amides is 1. The van der Waals surface area contributed by atoms with E-state index in [1.807, 2.05) is 17.0 Å². The van der Waals surface area contributed by atoms with Crippen LogP contribution in [0.1, 0.15) is 37.8 Å². The topological polar surface area (TPSA) is 33.2 Å². The van der Waals surface area contributed by atoms with Gasteiger partial charge in [0.1, 0.15) is 5.69 Å². The average Bonchev–Trinajstić information content (AvgIpc) is 2.60. The molecular weight excluding hydrogens is 360 g/mol. The van der Waals surface area contributed by atoms with Gasteiger partial charge in [0.25, 0.3) is 5.91 Å². The molecule has 0 aromatic carbocycles. The highest BCUT2D eigenvalue weighted by atomic mass is 79.9. The molecule has 1 aromatic rings. The van der Waals surface area contributed by atoms with Gasteiger partial charge in [0.05, 0.1) is 5.69 Å². The minimum atomic E-state index is -0.839. The Balaban J connectivity index is 2.03. The van der Waals surface area contributed by atoms with E-state index in [2.05, 4.69) is 36.8 Å². The molecule has 3 rings (SSSR count). The second-order valence-electron chi connectivity index (χ2n) is 4.91. The number of pyridine rings is 1. The summed E-state index contributed by atoms with van der Waals surface area (Å²) in [6, 6.07) is 4.20. The van der Waals surface area contributed by atoms with Crippen molar-refractivity contribution in [1.29, 1.82) is 0 Å². The summed E-state index contributed by atoms with van der Waals surface area (Å²) < 4.78 is -0.839. The molecule has 18 heavy (non-hydrogen) atoms. The van der Waals surface area contributed by atoms with Gasteiger partial charge in [-0.1, -0.05) is 51.1 Å². The van der Waals surface area contributed by atoms with E-state index in [0.717, 1.165) is 24.2 Å². The van der Waals surface area contributed by atoms with Gasteiger partial charge in [-0.15, -0.1) is 0 Å². The van der Waals surface area contributed by atoms with Crippen LogP contribution in [0.3, 0.4) is 0 Å². The summed E-state index contributed by atoms with van der Waals surface area (Å²) in [5, 5.41) is 0. The van der Waals surface area contributed by atoms with E-state index >= 15 is 0 Å². The van der Waals surface area contributed by atoms with Crippen molar-refractivity contribution >= 4 is 43.5 Å². The van der Waals surface area contributed by atoms with Crippen LogP contribution < -0.4 is 4.90 Å². The third kappa shape index (κ3) is 1.83. The van der Waals surface area contributed by atoms with Crippen LogP contribution in [0.4, 0.5) is 5.69 Å². The molecule has 1 aliphatic carbocycles. The maximum atomic E-state index is 12.6. The fourth-order valence-electron chi connectivity index (χ4n) is 2.90. The van der Waals surface area contributed by atoms with E-state index in [9.17, 15) is 4.79 Å². The van der Waals surface area contributed by atoms with Crippen molar-refractivity contribution in [2.45, 2.75) is 41.4 Å². The van der Waals surface area contributed by atoms with E-state index < -0.39 is 3.23 Å². The van der Waals surface area contributed by atoms with Crippen molar-refractivity contribution < 1.29 is 4.79 Å². The molecule has 5 heteroatoms. The van der Waals surface area contributed by atoms with Crippen LogP contribution in [0.15, 0.2) is 18.3 Å². The minimum Gasteiger partial charge on any atom is -0.305 e. The van der Waals surface area contributed by atoms with Crippen LogP contribution in [0.5, 0.6) is 0 Å². The molecule has 1 fully saturated rings. The van der Waals surface area contributed by atoms with E-state index in [4.69, 9.17) is 0 Å². The number of aromatic nitrogens is 1. The zero-order valence-electron chi connectivity index (χ0n) is 9.90. The summed E-state index contributed by atoms with van der Waals surface area (Å²) in [6.07, 6.45) is 7.62.